The Morgan fingerprint density at radius 2 is 1.83 bits per heavy atom. The maximum Gasteiger partial charge on any atom is 0.365 e. The van der Waals surface area contributed by atoms with Crippen LogP contribution in [0.1, 0.15) is 35.2 Å². The van der Waals surface area contributed by atoms with Crippen LogP contribution in [0.25, 0.3) is 6.08 Å². The summed E-state index contributed by atoms with van der Waals surface area (Å²) in [5.41, 5.74) is 3.34. The Morgan fingerprint density at radius 3 is 2.58 bits per heavy atom. The molecule has 0 radical (unpaired) electrons. The first-order valence-corrected chi connectivity index (χ1v) is 8.38. The number of benzene rings is 2. The Hall–Kier alpha value is -2.10. The third kappa shape index (κ3) is 4.05. The number of carbonyl (C=O) groups is 1. The zero-order valence-electron chi connectivity index (χ0n) is 12.8. The van der Waals surface area contributed by atoms with E-state index in [2.05, 4.69) is 11.2 Å². The summed E-state index contributed by atoms with van der Waals surface area (Å²) in [6.07, 6.45) is 4.81. The zero-order valence-corrected chi connectivity index (χ0v) is 14.3. The minimum absolute atomic E-state index is 0.310. The maximum absolute atomic E-state index is 12.1. The van der Waals surface area contributed by atoms with Crippen molar-refractivity contribution in [3.8, 4) is 0 Å². The molecule has 0 heterocycles. The summed E-state index contributed by atoms with van der Waals surface area (Å²) in [7, 11) is 0. The molecule has 0 N–H and O–H groups in total. The summed E-state index contributed by atoms with van der Waals surface area (Å²) in [5.74, 6) is -0.549. The molecule has 5 heteroatoms. The number of oxime groups is 1. The SMILES string of the molecule is O=C(O/N=C1/CCC/C1=C\c1ccccc1)c1ccc(Cl)c(Cl)c1. The summed E-state index contributed by atoms with van der Waals surface area (Å²) in [4.78, 5) is 17.2. The van der Waals surface area contributed by atoms with Crippen LogP contribution in [-0.4, -0.2) is 11.7 Å². The van der Waals surface area contributed by atoms with Gasteiger partial charge in [-0.1, -0.05) is 58.7 Å². The van der Waals surface area contributed by atoms with Gasteiger partial charge in [0.2, 0.25) is 0 Å². The normalized spacial score (nSPS) is 17.4. The van der Waals surface area contributed by atoms with Gasteiger partial charge in [0.05, 0.1) is 21.3 Å². The van der Waals surface area contributed by atoms with Gasteiger partial charge >= 0.3 is 5.97 Å². The van der Waals surface area contributed by atoms with Gasteiger partial charge in [-0.05, 0) is 54.7 Å². The average molecular weight is 360 g/mol. The van der Waals surface area contributed by atoms with Crippen molar-refractivity contribution in [2.75, 3.05) is 0 Å². The number of halogens is 2. The third-order valence-corrected chi connectivity index (χ3v) is 4.50. The van der Waals surface area contributed by atoms with Gasteiger partial charge in [0.1, 0.15) is 0 Å². The molecule has 3 nitrogen and oxygen atoms in total. The van der Waals surface area contributed by atoms with Gasteiger partial charge in [-0.25, -0.2) is 4.79 Å². The van der Waals surface area contributed by atoms with Crippen LogP contribution in [0.3, 0.4) is 0 Å². The number of nitrogens with zero attached hydrogens (tertiary/aromatic N) is 1. The van der Waals surface area contributed by atoms with Crippen LogP contribution in [0, 0.1) is 0 Å². The van der Waals surface area contributed by atoms with Gasteiger partial charge in [0.25, 0.3) is 0 Å². The fourth-order valence-electron chi connectivity index (χ4n) is 2.53. The lowest BCUT2D eigenvalue weighted by Crippen LogP contribution is -2.04. The highest BCUT2D eigenvalue weighted by Crippen LogP contribution is 2.25. The van der Waals surface area contributed by atoms with Crippen LogP contribution < -0.4 is 0 Å². The Labute approximate surface area is 150 Å². The lowest BCUT2D eigenvalue weighted by molar-refractivity contribution is 0.0516. The van der Waals surface area contributed by atoms with Gasteiger partial charge in [0.15, 0.2) is 0 Å². The quantitative estimate of drug-likeness (QED) is 0.515. The molecule has 0 bridgehead atoms. The Balaban J connectivity index is 1.74. The first-order valence-electron chi connectivity index (χ1n) is 7.63. The molecular weight excluding hydrogens is 345 g/mol. The molecule has 3 rings (SSSR count). The zero-order chi connectivity index (χ0) is 16.9. The molecule has 0 aliphatic heterocycles. The fourth-order valence-corrected chi connectivity index (χ4v) is 2.83. The molecule has 24 heavy (non-hydrogen) atoms. The van der Waals surface area contributed by atoms with Crippen molar-refractivity contribution in [2.24, 2.45) is 5.16 Å². The largest absolute Gasteiger partial charge is 0.365 e. The molecule has 1 saturated carbocycles. The first-order chi connectivity index (χ1) is 11.6. The van der Waals surface area contributed by atoms with Gasteiger partial charge in [-0.3, -0.25) is 0 Å². The third-order valence-electron chi connectivity index (χ3n) is 3.76. The van der Waals surface area contributed by atoms with Gasteiger partial charge < -0.3 is 4.84 Å². The average Bonchev–Trinajstić information content (AvgIpc) is 3.03. The van der Waals surface area contributed by atoms with Gasteiger partial charge in [0, 0.05) is 0 Å². The van der Waals surface area contributed by atoms with Crippen molar-refractivity contribution in [2.45, 2.75) is 19.3 Å². The topological polar surface area (TPSA) is 38.7 Å². The van der Waals surface area contributed by atoms with E-state index < -0.39 is 5.97 Å². The summed E-state index contributed by atoms with van der Waals surface area (Å²) in [5, 5.41) is 4.75. The van der Waals surface area contributed by atoms with Crippen LogP contribution >= 0.6 is 23.2 Å². The van der Waals surface area contributed by atoms with E-state index >= 15 is 0 Å². The van der Waals surface area contributed by atoms with Gasteiger partial charge in [-0.15, -0.1) is 0 Å². The van der Waals surface area contributed by atoms with E-state index in [1.807, 2.05) is 30.3 Å². The Morgan fingerprint density at radius 1 is 1.04 bits per heavy atom. The Kier molecular flexibility index (Phi) is 5.34. The molecular formula is C19H15Cl2NO2. The van der Waals surface area contributed by atoms with E-state index in [1.54, 1.807) is 12.1 Å². The highest BCUT2D eigenvalue weighted by atomic mass is 35.5. The number of hydrogen-bond acceptors (Lipinski definition) is 3. The second kappa shape index (κ2) is 7.65. The maximum atomic E-state index is 12.1. The highest BCUT2D eigenvalue weighted by Gasteiger charge is 2.17. The van der Waals surface area contributed by atoms with E-state index in [9.17, 15) is 4.79 Å². The van der Waals surface area contributed by atoms with Crippen LogP contribution in [0.2, 0.25) is 10.0 Å². The number of carbonyl (C=O) groups excluding carboxylic acids is 1. The van der Waals surface area contributed by atoms with Crippen molar-refractivity contribution in [1.29, 1.82) is 0 Å². The van der Waals surface area contributed by atoms with Crippen LogP contribution in [0.15, 0.2) is 59.3 Å². The summed E-state index contributed by atoms with van der Waals surface area (Å²) in [6.45, 7) is 0. The first kappa shape index (κ1) is 16.7. The summed E-state index contributed by atoms with van der Waals surface area (Å²) < 4.78 is 0. The van der Waals surface area contributed by atoms with Crippen LogP contribution in [0.5, 0.6) is 0 Å². The van der Waals surface area contributed by atoms with Crippen molar-refractivity contribution < 1.29 is 9.63 Å². The van der Waals surface area contributed by atoms with Crippen LogP contribution in [0.4, 0.5) is 0 Å². The molecule has 1 aliphatic rings. The van der Waals surface area contributed by atoms with Gasteiger partial charge in [-0.2, -0.15) is 0 Å². The number of allylic oxidation sites excluding steroid dienone is 1. The molecule has 0 saturated heterocycles. The molecule has 0 unspecified atom stereocenters. The second-order valence-electron chi connectivity index (χ2n) is 5.48. The minimum Gasteiger partial charge on any atom is -0.313 e. The number of hydrogen-bond donors (Lipinski definition) is 0. The monoisotopic (exact) mass is 359 g/mol. The van der Waals surface area contributed by atoms with E-state index in [0.29, 0.717) is 15.6 Å². The summed E-state index contributed by atoms with van der Waals surface area (Å²) in [6, 6.07) is 14.6. The summed E-state index contributed by atoms with van der Waals surface area (Å²) >= 11 is 11.8. The molecule has 122 valence electrons. The minimum atomic E-state index is -0.549. The standard InChI is InChI=1S/C19H15Cl2NO2/c20-16-10-9-15(12-17(16)21)19(23)24-22-18-8-4-7-14(18)11-13-5-2-1-3-6-13/h1-3,5-6,9-12H,4,7-8H2/b14-11+,22-18-. The molecule has 2 aromatic rings. The molecule has 1 fully saturated rings. The van der Waals surface area contributed by atoms with E-state index in [4.69, 9.17) is 28.0 Å². The molecule has 0 spiro atoms. The van der Waals surface area contributed by atoms with Crippen molar-refractivity contribution in [1.82, 2.24) is 0 Å². The predicted molar refractivity (Wildman–Crippen MR) is 97.6 cm³/mol. The predicted octanol–water partition coefficient (Wildman–Crippen LogP) is 5.77. The lowest BCUT2D eigenvalue weighted by atomic mass is 10.1. The number of rotatable bonds is 3. The molecule has 1 aliphatic carbocycles. The van der Waals surface area contributed by atoms with Crippen molar-refractivity contribution in [3.05, 3.63) is 75.3 Å². The fraction of sp³-hybridized carbons (Fsp3) is 0.158. The van der Waals surface area contributed by atoms with E-state index in [0.717, 1.165) is 36.1 Å². The molecule has 0 atom stereocenters. The Bertz CT molecular complexity index is 813. The molecule has 0 aromatic heterocycles. The highest BCUT2D eigenvalue weighted by molar-refractivity contribution is 6.42. The second-order valence-corrected chi connectivity index (χ2v) is 6.29. The lowest BCUT2D eigenvalue weighted by Gasteiger charge is -2.03. The van der Waals surface area contributed by atoms with E-state index in [1.165, 1.54) is 6.07 Å². The van der Waals surface area contributed by atoms with E-state index in [-0.39, 0.29) is 0 Å². The molecule has 2 aromatic carbocycles. The van der Waals surface area contributed by atoms with Crippen molar-refractivity contribution >= 4 is 41.0 Å². The van der Waals surface area contributed by atoms with Crippen LogP contribution in [-0.2, 0) is 4.84 Å². The smallest absolute Gasteiger partial charge is 0.313 e. The van der Waals surface area contributed by atoms with Crippen molar-refractivity contribution in [3.63, 3.8) is 0 Å². The molecule has 0 amide bonds.